The highest BCUT2D eigenvalue weighted by molar-refractivity contribution is 5.94. The van der Waals surface area contributed by atoms with E-state index < -0.39 is 42.0 Å². The van der Waals surface area contributed by atoms with Gasteiger partial charge >= 0.3 is 5.97 Å². The van der Waals surface area contributed by atoms with E-state index in [1.165, 1.54) is 13.8 Å². The summed E-state index contributed by atoms with van der Waals surface area (Å²) in [6.45, 7) is 6.12. The van der Waals surface area contributed by atoms with Gasteiger partial charge in [0.2, 0.25) is 17.7 Å². The van der Waals surface area contributed by atoms with Crippen molar-refractivity contribution in [3.63, 3.8) is 0 Å². The zero-order valence-electron chi connectivity index (χ0n) is 19.5. The second-order valence-corrected chi connectivity index (χ2v) is 8.30. The lowest BCUT2D eigenvalue weighted by Crippen LogP contribution is -2.59. The second kappa shape index (κ2) is 11.5. The van der Waals surface area contributed by atoms with Crippen molar-refractivity contribution >= 4 is 34.6 Å². The van der Waals surface area contributed by atoms with E-state index in [0.717, 1.165) is 23.6 Å². The highest BCUT2D eigenvalue weighted by atomic mass is 16.5. The van der Waals surface area contributed by atoms with Gasteiger partial charge in [-0.1, -0.05) is 32.0 Å². The molecule has 0 saturated heterocycles. The lowest BCUT2D eigenvalue weighted by atomic mass is 10.00. The molecule has 0 saturated carbocycles. The molecule has 1 aromatic carbocycles. The minimum atomic E-state index is -1.28. The third-order valence-corrected chi connectivity index (χ3v) is 5.28. The summed E-state index contributed by atoms with van der Waals surface area (Å²) in [6, 6.07) is 4.38. The summed E-state index contributed by atoms with van der Waals surface area (Å²) in [5, 5.41) is 18.5. The van der Waals surface area contributed by atoms with Crippen molar-refractivity contribution in [2.75, 3.05) is 7.11 Å². The van der Waals surface area contributed by atoms with E-state index in [2.05, 4.69) is 25.7 Å². The molecular weight excluding hydrogens is 428 g/mol. The topological polar surface area (TPSA) is 150 Å². The van der Waals surface area contributed by atoms with Gasteiger partial charge < -0.3 is 30.8 Å². The number of esters is 1. The molecule has 180 valence electrons. The van der Waals surface area contributed by atoms with Gasteiger partial charge in [0.25, 0.3) is 0 Å². The number of aliphatic hydroxyl groups is 1. The molecule has 10 nitrogen and oxygen atoms in total. The molecule has 0 spiro atoms. The average molecular weight is 461 g/mol. The molecule has 1 aromatic heterocycles. The number of ether oxygens (including phenoxy) is 1. The summed E-state index contributed by atoms with van der Waals surface area (Å²) in [7, 11) is 1.15. The molecule has 33 heavy (non-hydrogen) atoms. The number of fused-ring (bicyclic) bond motifs is 1. The number of carbonyl (C=O) groups is 4. The Morgan fingerprint density at radius 3 is 2.21 bits per heavy atom. The minimum Gasteiger partial charge on any atom is -0.467 e. The second-order valence-electron chi connectivity index (χ2n) is 8.30. The van der Waals surface area contributed by atoms with Gasteiger partial charge in [-0.25, -0.2) is 4.79 Å². The molecule has 2 aromatic rings. The molecule has 5 N–H and O–H groups in total. The molecule has 4 atom stereocenters. The number of carbonyl (C=O) groups excluding carboxylic acids is 4. The van der Waals surface area contributed by atoms with Crippen LogP contribution in [0.5, 0.6) is 0 Å². The number of aliphatic hydroxyl groups excluding tert-OH is 1. The van der Waals surface area contributed by atoms with Gasteiger partial charge in [-0.15, -0.1) is 0 Å². The number of methoxy groups -OCH3 is 1. The van der Waals surface area contributed by atoms with Crippen molar-refractivity contribution in [2.24, 2.45) is 5.92 Å². The van der Waals surface area contributed by atoms with Crippen LogP contribution in [-0.4, -0.2) is 65.1 Å². The maximum Gasteiger partial charge on any atom is 0.331 e. The van der Waals surface area contributed by atoms with Crippen LogP contribution in [0.3, 0.4) is 0 Å². The molecular formula is C23H32N4O6. The van der Waals surface area contributed by atoms with Crippen molar-refractivity contribution in [3.05, 3.63) is 36.0 Å². The van der Waals surface area contributed by atoms with Crippen molar-refractivity contribution in [3.8, 4) is 0 Å². The number of hydrogen-bond donors (Lipinski definition) is 5. The molecule has 0 aliphatic rings. The molecule has 0 bridgehead atoms. The first kappa shape index (κ1) is 25.9. The fourth-order valence-electron chi connectivity index (χ4n) is 3.51. The molecule has 0 radical (unpaired) electrons. The molecule has 3 amide bonds. The summed E-state index contributed by atoms with van der Waals surface area (Å²) in [5.41, 5.74) is 1.74. The highest BCUT2D eigenvalue weighted by Gasteiger charge is 2.33. The Balaban J connectivity index is 2.21. The Morgan fingerprint density at radius 1 is 1.00 bits per heavy atom. The van der Waals surface area contributed by atoms with Gasteiger partial charge in [-0.2, -0.15) is 0 Å². The van der Waals surface area contributed by atoms with Crippen LogP contribution < -0.4 is 16.0 Å². The number of aromatic amines is 1. The van der Waals surface area contributed by atoms with Crippen LogP contribution in [0.15, 0.2) is 30.5 Å². The quantitative estimate of drug-likeness (QED) is 0.324. The molecule has 10 heteroatoms. The maximum absolute atomic E-state index is 13.1. The zero-order chi connectivity index (χ0) is 24.7. The summed E-state index contributed by atoms with van der Waals surface area (Å²) in [4.78, 5) is 52.8. The summed E-state index contributed by atoms with van der Waals surface area (Å²) >= 11 is 0. The van der Waals surface area contributed by atoms with Crippen LogP contribution in [0.4, 0.5) is 0 Å². The zero-order valence-corrected chi connectivity index (χ0v) is 19.5. The number of rotatable bonds is 10. The van der Waals surface area contributed by atoms with Crippen LogP contribution in [0, 0.1) is 5.92 Å². The first-order chi connectivity index (χ1) is 15.5. The number of para-hydroxylation sites is 1. The fraction of sp³-hybridized carbons (Fsp3) is 0.478. The van der Waals surface area contributed by atoms with Crippen molar-refractivity contribution < 1.29 is 29.0 Å². The third-order valence-electron chi connectivity index (χ3n) is 5.28. The van der Waals surface area contributed by atoms with E-state index >= 15 is 0 Å². The lowest BCUT2D eigenvalue weighted by molar-refractivity contribution is -0.148. The molecule has 0 aliphatic carbocycles. The number of amides is 3. The normalized spacial score (nSPS) is 14.8. The van der Waals surface area contributed by atoms with Gasteiger partial charge in [0.15, 0.2) is 6.04 Å². The number of nitrogens with one attached hydrogen (secondary N) is 4. The van der Waals surface area contributed by atoms with Gasteiger partial charge in [-0.3, -0.25) is 14.4 Å². The first-order valence-electron chi connectivity index (χ1n) is 10.7. The van der Waals surface area contributed by atoms with E-state index in [4.69, 9.17) is 0 Å². The molecule has 0 aliphatic heterocycles. The van der Waals surface area contributed by atoms with E-state index in [1.807, 2.05) is 24.3 Å². The predicted molar refractivity (Wildman–Crippen MR) is 122 cm³/mol. The van der Waals surface area contributed by atoms with E-state index in [-0.39, 0.29) is 18.2 Å². The SMILES string of the molecule is COC(=O)[C@@H](NC(=O)[C@@H](NC(=O)[C@H](Cc1c[nH]c2ccccc12)NC(C)=O)C(C)C)[C@@H](C)O. The monoisotopic (exact) mass is 460 g/mol. The van der Waals surface area contributed by atoms with Crippen molar-refractivity contribution in [1.82, 2.24) is 20.9 Å². The van der Waals surface area contributed by atoms with Crippen LogP contribution in [0.1, 0.15) is 33.3 Å². The Bertz CT molecular complexity index is 1000. The van der Waals surface area contributed by atoms with Crippen LogP contribution >= 0.6 is 0 Å². The Hall–Kier alpha value is -3.40. The molecule has 0 unspecified atom stereocenters. The average Bonchev–Trinajstić information content (AvgIpc) is 3.16. The number of H-pyrrole nitrogens is 1. The Kier molecular flexibility index (Phi) is 8.98. The minimum absolute atomic E-state index is 0.209. The van der Waals surface area contributed by atoms with Gasteiger partial charge in [0.05, 0.1) is 13.2 Å². The van der Waals surface area contributed by atoms with E-state index in [1.54, 1.807) is 20.0 Å². The van der Waals surface area contributed by atoms with Crippen molar-refractivity contribution in [1.29, 1.82) is 0 Å². The molecule has 0 fully saturated rings. The standard InChI is InChI=1S/C23H32N4O6/c1-12(2)19(22(31)27-20(13(3)28)23(32)33-5)26-21(30)18(25-14(4)29)10-15-11-24-17-9-7-6-8-16(15)17/h6-9,11-13,18-20,24,28H,10H2,1-5H3,(H,25,29)(H,26,30)(H,27,31)/t13-,18+,19+,20+/m1/s1. The number of hydrogen-bond acceptors (Lipinski definition) is 6. The van der Waals surface area contributed by atoms with Crippen molar-refractivity contribution in [2.45, 2.75) is 58.3 Å². The van der Waals surface area contributed by atoms with Crippen LogP contribution in [0.25, 0.3) is 10.9 Å². The van der Waals surface area contributed by atoms with Gasteiger partial charge in [-0.05, 0) is 24.5 Å². The first-order valence-corrected chi connectivity index (χ1v) is 10.7. The van der Waals surface area contributed by atoms with Gasteiger partial charge in [0.1, 0.15) is 12.1 Å². The summed E-state index contributed by atoms with van der Waals surface area (Å²) < 4.78 is 4.62. The summed E-state index contributed by atoms with van der Waals surface area (Å²) in [5.74, 6) is -2.73. The van der Waals surface area contributed by atoms with E-state index in [0.29, 0.717) is 0 Å². The third kappa shape index (κ3) is 6.79. The largest absolute Gasteiger partial charge is 0.467 e. The molecule has 2 rings (SSSR count). The molecule has 1 heterocycles. The van der Waals surface area contributed by atoms with Crippen LogP contribution in [0.2, 0.25) is 0 Å². The predicted octanol–water partition coefficient (Wildman–Crippen LogP) is 0.395. The maximum atomic E-state index is 13.1. The lowest BCUT2D eigenvalue weighted by Gasteiger charge is -2.27. The fourth-order valence-corrected chi connectivity index (χ4v) is 3.51. The summed E-state index contributed by atoms with van der Waals surface area (Å²) in [6.07, 6.45) is 0.794. The smallest absolute Gasteiger partial charge is 0.331 e. The van der Waals surface area contributed by atoms with Gasteiger partial charge in [0, 0.05) is 30.4 Å². The Labute approximate surface area is 192 Å². The number of benzene rings is 1. The van der Waals surface area contributed by atoms with Crippen LogP contribution in [-0.2, 0) is 30.3 Å². The number of aromatic nitrogens is 1. The Morgan fingerprint density at radius 2 is 1.64 bits per heavy atom. The highest BCUT2D eigenvalue weighted by Crippen LogP contribution is 2.19. The van der Waals surface area contributed by atoms with E-state index in [9.17, 15) is 24.3 Å².